The zero-order chi connectivity index (χ0) is 16.5. The molecule has 0 saturated carbocycles. The second kappa shape index (κ2) is 5.93. The summed E-state index contributed by atoms with van der Waals surface area (Å²) in [4.78, 5) is 4.56. The molecule has 0 atom stereocenters. The van der Waals surface area contributed by atoms with Crippen LogP contribution in [-0.2, 0) is 0 Å². The largest absolute Gasteiger partial charge is 0.237 e. The molecular weight excluding hydrogens is 294 g/mol. The van der Waals surface area contributed by atoms with Crippen LogP contribution in [0.4, 0.5) is 0 Å². The van der Waals surface area contributed by atoms with Crippen LogP contribution in [0.15, 0.2) is 72.9 Å². The van der Waals surface area contributed by atoms with Crippen LogP contribution in [0.5, 0.6) is 0 Å². The quantitative estimate of drug-likeness (QED) is 0.520. The lowest BCUT2D eigenvalue weighted by molar-refractivity contribution is 0.859. The number of pyridine rings is 1. The van der Waals surface area contributed by atoms with Gasteiger partial charge in [-0.1, -0.05) is 56.3 Å². The zero-order valence-corrected chi connectivity index (χ0v) is 13.8. The Kier molecular flexibility index (Phi) is 3.62. The molecule has 3 nitrogen and oxygen atoms in total. The topological polar surface area (TPSA) is 30.7 Å². The fourth-order valence-electron chi connectivity index (χ4n) is 2.94. The Hall–Kier alpha value is -2.94. The first-order valence-electron chi connectivity index (χ1n) is 8.23. The van der Waals surface area contributed by atoms with E-state index in [1.807, 2.05) is 35.1 Å². The normalized spacial score (nSPS) is 11.3. The zero-order valence-electron chi connectivity index (χ0n) is 13.8. The van der Waals surface area contributed by atoms with Crippen molar-refractivity contribution >= 4 is 11.0 Å². The maximum atomic E-state index is 4.86. The van der Waals surface area contributed by atoms with Crippen LogP contribution in [0.25, 0.3) is 28.0 Å². The van der Waals surface area contributed by atoms with E-state index in [4.69, 9.17) is 5.10 Å². The number of rotatable bonds is 3. The van der Waals surface area contributed by atoms with Crippen molar-refractivity contribution < 1.29 is 0 Å². The molecule has 0 unspecified atom stereocenters. The predicted octanol–water partition coefficient (Wildman–Crippen LogP) is 5.21. The minimum Gasteiger partial charge on any atom is -0.237 e. The maximum Gasteiger partial charge on any atom is 0.163 e. The van der Waals surface area contributed by atoms with E-state index in [0.29, 0.717) is 5.92 Å². The molecular formula is C21H19N3. The Morgan fingerprint density at radius 2 is 1.58 bits per heavy atom. The highest BCUT2D eigenvalue weighted by Gasteiger charge is 2.14. The number of benzene rings is 2. The first-order valence-corrected chi connectivity index (χ1v) is 8.23. The fourth-order valence-corrected chi connectivity index (χ4v) is 2.94. The Bertz CT molecular complexity index is 967. The number of hydrogen-bond acceptors (Lipinski definition) is 2. The summed E-state index contributed by atoms with van der Waals surface area (Å²) in [7, 11) is 0. The summed E-state index contributed by atoms with van der Waals surface area (Å²) in [5.74, 6) is 0.520. The van der Waals surface area contributed by atoms with Crippen LogP contribution >= 0.6 is 0 Å². The molecule has 0 aliphatic carbocycles. The van der Waals surface area contributed by atoms with Crippen molar-refractivity contribution in [2.24, 2.45) is 0 Å². The third kappa shape index (κ3) is 2.48. The molecule has 118 valence electrons. The van der Waals surface area contributed by atoms with Gasteiger partial charge in [0, 0.05) is 17.1 Å². The smallest absolute Gasteiger partial charge is 0.163 e. The third-order valence-electron chi connectivity index (χ3n) is 4.29. The highest BCUT2D eigenvalue weighted by Crippen LogP contribution is 2.28. The van der Waals surface area contributed by atoms with Gasteiger partial charge >= 0.3 is 0 Å². The van der Waals surface area contributed by atoms with Crippen molar-refractivity contribution in [3.63, 3.8) is 0 Å². The number of hydrogen-bond donors (Lipinski definition) is 0. The van der Waals surface area contributed by atoms with E-state index in [2.05, 4.69) is 61.3 Å². The van der Waals surface area contributed by atoms with Crippen LogP contribution in [0.3, 0.4) is 0 Å². The predicted molar refractivity (Wildman–Crippen MR) is 98.4 cm³/mol. The molecule has 24 heavy (non-hydrogen) atoms. The van der Waals surface area contributed by atoms with Gasteiger partial charge in [0.1, 0.15) is 5.69 Å². The van der Waals surface area contributed by atoms with Gasteiger partial charge in [0.15, 0.2) is 5.65 Å². The van der Waals surface area contributed by atoms with E-state index < -0.39 is 0 Å². The molecule has 4 rings (SSSR count). The van der Waals surface area contributed by atoms with Crippen LogP contribution in [0.1, 0.15) is 25.3 Å². The van der Waals surface area contributed by atoms with E-state index in [9.17, 15) is 0 Å². The summed E-state index contributed by atoms with van der Waals surface area (Å²) < 4.78 is 1.93. The molecule has 2 aromatic heterocycles. The molecule has 2 aromatic carbocycles. The second-order valence-electron chi connectivity index (χ2n) is 6.25. The van der Waals surface area contributed by atoms with Gasteiger partial charge in [-0.3, -0.25) is 0 Å². The van der Waals surface area contributed by atoms with Crippen molar-refractivity contribution in [3.05, 3.63) is 78.5 Å². The molecule has 0 N–H and O–H groups in total. The van der Waals surface area contributed by atoms with Crippen LogP contribution < -0.4 is 0 Å². The summed E-state index contributed by atoms with van der Waals surface area (Å²) in [6, 6.07) is 22.9. The molecule has 0 saturated heterocycles. The van der Waals surface area contributed by atoms with Crippen molar-refractivity contribution in [3.8, 4) is 16.9 Å². The van der Waals surface area contributed by atoms with E-state index in [1.54, 1.807) is 0 Å². The average Bonchev–Trinajstić information content (AvgIpc) is 3.02. The molecule has 0 fully saturated rings. The summed E-state index contributed by atoms with van der Waals surface area (Å²) in [5, 5.41) is 5.92. The molecule has 0 radical (unpaired) electrons. The second-order valence-corrected chi connectivity index (χ2v) is 6.25. The molecule has 2 heterocycles. The standard InChI is InChI=1S/C21H19N3/c1-15(2)16-10-12-18(13-11-16)24-21-19(9-6-14-22-21)20(23-24)17-7-4-3-5-8-17/h3-15H,1-2H3. The van der Waals surface area contributed by atoms with E-state index in [1.165, 1.54) is 5.56 Å². The Morgan fingerprint density at radius 1 is 0.833 bits per heavy atom. The van der Waals surface area contributed by atoms with Gasteiger partial charge in [-0.25, -0.2) is 9.67 Å². The van der Waals surface area contributed by atoms with Gasteiger partial charge in [-0.15, -0.1) is 0 Å². The van der Waals surface area contributed by atoms with Crippen LogP contribution in [0, 0.1) is 0 Å². The summed E-state index contributed by atoms with van der Waals surface area (Å²) in [6.07, 6.45) is 1.82. The van der Waals surface area contributed by atoms with Crippen molar-refractivity contribution in [1.82, 2.24) is 14.8 Å². The minimum atomic E-state index is 0.520. The molecule has 0 spiro atoms. The molecule has 0 bridgehead atoms. The summed E-state index contributed by atoms with van der Waals surface area (Å²) in [6.45, 7) is 4.40. The lowest BCUT2D eigenvalue weighted by Crippen LogP contribution is -1.98. The van der Waals surface area contributed by atoms with Crippen molar-refractivity contribution in [2.75, 3.05) is 0 Å². The van der Waals surface area contributed by atoms with E-state index in [-0.39, 0.29) is 0 Å². The maximum absolute atomic E-state index is 4.86. The lowest BCUT2D eigenvalue weighted by atomic mass is 10.0. The molecule has 4 aromatic rings. The Labute approximate surface area is 141 Å². The third-order valence-corrected chi connectivity index (χ3v) is 4.29. The number of nitrogens with zero attached hydrogens (tertiary/aromatic N) is 3. The average molecular weight is 313 g/mol. The first kappa shape index (κ1) is 14.6. The van der Waals surface area contributed by atoms with E-state index in [0.717, 1.165) is 28.0 Å². The highest BCUT2D eigenvalue weighted by atomic mass is 15.3. The molecule has 0 aliphatic rings. The lowest BCUT2D eigenvalue weighted by Gasteiger charge is -2.07. The van der Waals surface area contributed by atoms with Crippen LogP contribution in [0.2, 0.25) is 0 Å². The van der Waals surface area contributed by atoms with Crippen molar-refractivity contribution in [1.29, 1.82) is 0 Å². The molecule has 3 heteroatoms. The monoisotopic (exact) mass is 313 g/mol. The van der Waals surface area contributed by atoms with Gasteiger partial charge in [-0.05, 0) is 35.7 Å². The first-order chi connectivity index (χ1) is 11.7. The van der Waals surface area contributed by atoms with Crippen LogP contribution in [-0.4, -0.2) is 14.8 Å². The number of fused-ring (bicyclic) bond motifs is 1. The SMILES string of the molecule is CC(C)c1ccc(-n2nc(-c3ccccc3)c3cccnc32)cc1. The van der Waals surface area contributed by atoms with Gasteiger partial charge in [-0.2, -0.15) is 5.10 Å². The van der Waals surface area contributed by atoms with Gasteiger partial charge in [0.2, 0.25) is 0 Å². The fraction of sp³-hybridized carbons (Fsp3) is 0.143. The minimum absolute atomic E-state index is 0.520. The van der Waals surface area contributed by atoms with Crippen molar-refractivity contribution in [2.45, 2.75) is 19.8 Å². The van der Waals surface area contributed by atoms with Gasteiger partial charge in [0.25, 0.3) is 0 Å². The highest BCUT2D eigenvalue weighted by molar-refractivity contribution is 5.91. The summed E-state index contributed by atoms with van der Waals surface area (Å²) in [5.41, 5.74) is 5.31. The number of aromatic nitrogens is 3. The van der Waals surface area contributed by atoms with Gasteiger partial charge < -0.3 is 0 Å². The Balaban J connectivity index is 1.90. The van der Waals surface area contributed by atoms with Gasteiger partial charge in [0.05, 0.1) is 5.69 Å². The Morgan fingerprint density at radius 3 is 2.29 bits per heavy atom. The van der Waals surface area contributed by atoms with E-state index >= 15 is 0 Å². The molecule has 0 aliphatic heterocycles. The molecule has 0 amide bonds. The summed E-state index contributed by atoms with van der Waals surface area (Å²) >= 11 is 0.